The number of rotatable bonds is 6. The van der Waals surface area contributed by atoms with Crippen molar-refractivity contribution in [3.63, 3.8) is 0 Å². The van der Waals surface area contributed by atoms with E-state index >= 15 is 0 Å². The predicted molar refractivity (Wildman–Crippen MR) is 110 cm³/mol. The summed E-state index contributed by atoms with van der Waals surface area (Å²) in [4.78, 5) is 28.0. The molecule has 3 aromatic heterocycles. The molecule has 8 heteroatoms. The maximum Gasteiger partial charge on any atom is 0.258 e. The van der Waals surface area contributed by atoms with Crippen LogP contribution < -0.4 is 0 Å². The zero-order valence-corrected chi connectivity index (χ0v) is 17.2. The lowest BCUT2D eigenvalue weighted by atomic mass is 9.76. The Labute approximate surface area is 175 Å². The minimum absolute atomic E-state index is 0.0261. The number of hydrogen-bond donors (Lipinski definition) is 0. The second-order valence-electron chi connectivity index (χ2n) is 7.70. The largest absolute Gasteiger partial charge is 0.385 e. The van der Waals surface area contributed by atoms with E-state index in [1.54, 1.807) is 25.7 Å². The Morgan fingerprint density at radius 1 is 1.27 bits per heavy atom. The van der Waals surface area contributed by atoms with E-state index in [9.17, 15) is 4.79 Å². The van der Waals surface area contributed by atoms with Gasteiger partial charge in [-0.3, -0.25) is 14.8 Å². The zero-order valence-electron chi connectivity index (χ0n) is 17.2. The molecule has 30 heavy (non-hydrogen) atoms. The highest BCUT2D eigenvalue weighted by Gasteiger charge is 2.42. The Kier molecular flexibility index (Phi) is 5.85. The average molecular weight is 407 g/mol. The molecule has 0 radical (unpaired) electrons. The number of likely N-dealkylation sites (tertiary alicyclic amines) is 1. The summed E-state index contributed by atoms with van der Waals surface area (Å²) in [5, 5.41) is 4.31. The lowest BCUT2D eigenvalue weighted by Crippen LogP contribution is -2.49. The van der Waals surface area contributed by atoms with Crippen molar-refractivity contribution in [2.75, 3.05) is 26.8 Å². The van der Waals surface area contributed by atoms with Crippen LogP contribution in [0.2, 0.25) is 0 Å². The summed E-state index contributed by atoms with van der Waals surface area (Å²) < 4.78 is 10.9. The molecule has 1 fully saturated rings. The first kappa shape index (κ1) is 20.2. The molecule has 1 unspecified atom stereocenters. The van der Waals surface area contributed by atoms with Gasteiger partial charge in [-0.25, -0.2) is 0 Å². The van der Waals surface area contributed by atoms with Gasteiger partial charge in [0.15, 0.2) is 5.82 Å². The standard InChI is InChI=1S/C22H25N5O3/c1-16-4-5-18(14-24-16)20(28)27-12-3-8-22(15-27,9-13-29-2)21-25-19(30-26-21)17-6-10-23-11-7-17/h4-7,10-11,14H,3,8-9,12-13,15H2,1-2H3. The fourth-order valence-electron chi connectivity index (χ4n) is 3.93. The topological polar surface area (TPSA) is 94.2 Å². The molecule has 0 N–H and O–H groups in total. The molecule has 0 bridgehead atoms. The highest BCUT2D eigenvalue weighted by molar-refractivity contribution is 5.94. The van der Waals surface area contributed by atoms with Gasteiger partial charge in [0.1, 0.15) is 0 Å². The zero-order chi connectivity index (χ0) is 21.0. The third kappa shape index (κ3) is 4.09. The molecule has 4 rings (SSSR count). The number of carbonyl (C=O) groups excluding carboxylic acids is 1. The first-order valence-corrected chi connectivity index (χ1v) is 10.1. The maximum atomic E-state index is 13.1. The van der Waals surface area contributed by atoms with Crippen molar-refractivity contribution >= 4 is 5.91 Å². The van der Waals surface area contributed by atoms with Gasteiger partial charge in [-0.1, -0.05) is 5.16 Å². The summed E-state index contributed by atoms with van der Waals surface area (Å²) in [5.74, 6) is 1.04. The maximum absolute atomic E-state index is 13.1. The SMILES string of the molecule is COCCC1(c2noc(-c3ccncc3)n2)CCCN(C(=O)c2ccc(C)nc2)C1. The summed E-state index contributed by atoms with van der Waals surface area (Å²) in [5.41, 5.74) is 1.88. The predicted octanol–water partition coefficient (Wildman–Crippen LogP) is 3.05. The number of aromatic nitrogens is 4. The fourth-order valence-corrected chi connectivity index (χ4v) is 3.93. The van der Waals surface area contributed by atoms with Crippen molar-refractivity contribution in [2.45, 2.75) is 31.6 Å². The molecular formula is C22H25N5O3. The van der Waals surface area contributed by atoms with E-state index in [2.05, 4.69) is 15.1 Å². The van der Waals surface area contributed by atoms with Gasteiger partial charge in [-0.15, -0.1) is 0 Å². The minimum atomic E-state index is -0.420. The van der Waals surface area contributed by atoms with Gasteiger partial charge < -0.3 is 14.2 Å². The lowest BCUT2D eigenvalue weighted by Gasteiger charge is -2.40. The van der Waals surface area contributed by atoms with Gasteiger partial charge in [0.25, 0.3) is 11.8 Å². The molecule has 0 saturated carbocycles. The normalized spacial score (nSPS) is 19.1. The van der Waals surface area contributed by atoms with E-state index in [-0.39, 0.29) is 5.91 Å². The van der Waals surface area contributed by atoms with Gasteiger partial charge in [0.05, 0.1) is 11.0 Å². The monoisotopic (exact) mass is 407 g/mol. The molecule has 3 aromatic rings. The van der Waals surface area contributed by atoms with Crippen molar-refractivity contribution < 1.29 is 14.1 Å². The Bertz CT molecular complexity index is 990. The van der Waals surface area contributed by atoms with Gasteiger partial charge in [-0.2, -0.15) is 4.98 Å². The second kappa shape index (κ2) is 8.71. The summed E-state index contributed by atoms with van der Waals surface area (Å²) >= 11 is 0. The highest BCUT2D eigenvalue weighted by Crippen LogP contribution is 2.37. The molecule has 1 aliphatic heterocycles. The molecule has 4 heterocycles. The third-order valence-corrected chi connectivity index (χ3v) is 5.63. The number of methoxy groups -OCH3 is 1. The third-order valence-electron chi connectivity index (χ3n) is 5.63. The van der Waals surface area contributed by atoms with Crippen molar-refractivity contribution in [3.8, 4) is 11.5 Å². The van der Waals surface area contributed by atoms with E-state index in [1.165, 1.54) is 0 Å². The second-order valence-corrected chi connectivity index (χ2v) is 7.70. The lowest BCUT2D eigenvalue weighted by molar-refractivity contribution is 0.0566. The van der Waals surface area contributed by atoms with Crippen LogP contribution in [-0.4, -0.2) is 57.7 Å². The molecule has 0 spiro atoms. The number of hydrogen-bond acceptors (Lipinski definition) is 7. The highest BCUT2D eigenvalue weighted by atomic mass is 16.5. The number of ether oxygens (including phenoxy) is 1. The van der Waals surface area contributed by atoms with E-state index in [0.717, 1.165) is 24.1 Å². The molecule has 0 aliphatic carbocycles. The average Bonchev–Trinajstić information content (AvgIpc) is 3.30. The fraction of sp³-hybridized carbons (Fsp3) is 0.409. The number of aryl methyl sites for hydroxylation is 1. The first-order chi connectivity index (χ1) is 14.6. The number of carbonyl (C=O) groups is 1. The van der Waals surface area contributed by atoms with Crippen LogP contribution in [0.15, 0.2) is 47.4 Å². The first-order valence-electron chi connectivity index (χ1n) is 10.1. The Hall–Kier alpha value is -3.13. The van der Waals surface area contributed by atoms with Gasteiger partial charge >= 0.3 is 0 Å². The summed E-state index contributed by atoms with van der Waals surface area (Å²) in [6.07, 6.45) is 7.44. The van der Waals surface area contributed by atoms with Crippen LogP contribution in [-0.2, 0) is 10.2 Å². The van der Waals surface area contributed by atoms with E-state index in [4.69, 9.17) is 14.2 Å². The smallest absolute Gasteiger partial charge is 0.258 e. The van der Waals surface area contributed by atoms with E-state index in [1.807, 2.05) is 36.1 Å². The summed E-state index contributed by atoms with van der Waals surface area (Å²) in [6.45, 7) is 3.66. The summed E-state index contributed by atoms with van der Waals surface area (Å²) in [7, 11) is 1.68. The van der Waals surface area contributed by atoms with Crippen LogP contribution in [0.3, 0.4) is 0 Å². The van der Waals surface area contributed by atoms with Gasteiger partial charge in [0.2, 0.25) is 0 Å². The Morgan fingerprint density at radius 2 is 2.10 bits per heavy atom. The van der Waals surface area contributed by atoms with Crippen molar-refractivity contribution in [3.05, 3.63) is 59.9 Å². The molecule has 1 amide bonds. The molecule has 1 saturated heterocycles. The molecule has 8 nitrogen and oxygen atoms in total. The van der Waals surface area contributed by atoms with Crippen LogP contribution in [0.4, 0.5) is 0 Å². The van der Waals surface area contributed by atoms with Crippen LogP contribution in [0.1, 0.15) is 41.1 Å². The number of amides is 1. The van der Waals surface area contributed by atoms with Crippen molar-refractivity contribution in [2.24, 2.45) is 0 Å². The Morgan fingerprint density at radius 3 is 2.83 bits per heavy atom. The van der Waals surface area contributed by atoms with Crippen molar-refractivity contribution in [1.82, 2.24) is 25.0 Å². The number of piperidine rings is 1. The van der Waals surface area contributed by atoms with Gasteiger partial charge in [0, 0.05) is 56.7 Å². The minimum Gasteiger partial charge on any atom is -0.385 e. The van der Waals surface area contributed by atoms with Crippen LogP contribution >= 0.6 is 0 Å². The van der Waals surface area contributed by atoms with E-state index in [0.29, 0.717) is 43.4 Å². The quantitative estimate of drug-likeness (QED) is 0.620. The molecular weight excluding hydrogens is 382 g/mol. The van der Waals surface area contributed by atoms with Crippen molar-refractivity contribution in [1.29, 1.82) is 0 Å². The number of nitrogens with zero attached hydrogens (tertiary/aromatic N) is 5. The van der Waals surface area contributed by atoms with Crippen LogP contribution in [0.25, 0.3) is 11.5 Å². The number of pyridine rings is 2. The Balaban J connectivity index is 1.62. The molecule has 1 atom stereocenters. The molecule has 1 aliphatic rings. The van der Waals surface area contributed by atoms with Crippen LogP contribution in [0, 0.1) is 6.92 Å². The van der Waals surface area contributed by atoms with Crippen LogP contribution in [0.5, 0.6) is 0 Å². The summed E-state index contributed by atoms with van der Waals surface area (Å²) in [6, 6.07) is 7.35. The van der Waals surface area contributed by atoms with Gasteiger partial charge in [-0.05, 0) is 50.5 Å². The molecule has 156 valence electrons. The molecule has 0 aromatic carbocycles. The van der Waals surface area contributed by atoms with E-state index < -0.39 is 5.41 Å².